The number of benzene rings is 1. The smallest absolute Gasteiger partial charge is 0.416 e. The number of aliphatic hydroxyl groups is 2. The number of carboxylic acids is 1. The molecular formula is C29H43F3O6Si. The quantitative estimate of drug-likeness (QED) is 0.140. The van der Waals surface area contributed by atoms with Crippen LogP contribution in [0.2, 0.25) is 18.1 Å². The molecular weight excluding hydrogens is 529 g/mol. The second-order valence-corrected chi connectivity index (χ2v) is 16.5. The van der Waals surface area contributed by atoms with Gasteiger partial charge in [-0.15, -0.1) is 0 Å². The summed E-state index contributed by atoms with van der Waals surface area (Å²) in [5, 5.41) is 29.8. The molecule has 1 saturated carbocycles. The maximum absolute atomic E-state index is 13.1. The molecule has 0 bridgehead atoms. The molecule has 1 aromatic rings. The van der Waals surface area contributed by atoms with Gasteiger partial charge >= 0.3 is 12.1 Å². The summed E-state index contributed by atoms with van der Waals surface area (Å²) in [4.78, 5) is 10.7. The van der Waals surface area contributed by atoms with Crippen molar-refractivity contribution in [2.75, 3.05) is 6.61 Å². The lowest BCUT2D eigenvalue weighted by Gasteiger charge is -2.38. The van der Waals surface area contributed by atoms with E-state index in [0.717, 1.165) is 12.1 Å². The number of ether oxygens (including phenoxy) is 1. The Morgan fingerprint density at radius 2 is 1.85 bits per heavy atom. The van der Waals surface area contributed by atoms with Crippen LogP contribution in [0.5, 0.6) is 5.75 Å². The van der Waals surface area contributed by atoms with Gasteiger partial charge in [0.2, 0.25) is 0 Å². The number of rotatable bonds is 13. The molecule has 0 amide bonds. The molecule has 0 saturated heterocycles. The fraction of sp³-hybridized carbons (Fsp3) is 0.621. The number of carbonyl (C=O) groups is 1. The summed E-state index contributed by atoms with van der Waals surface area (Å²) in [7, 11) is -2.29. The summed E-state index contributed by atoms with van der Waals surface area (Å²) < 4.78 is 51.7. The van der Waals surface area contributed by atoms with Crippen molar-refractivity contribution in [1.82, 2.24) is 0 Å². The monoisotopic (exact) mass is 572 g/mol. The van der Waals surface area contributed by atoms with Gasteiger partial charge in [-0.3, -0.25) is 4.79 Å². The van der Waals surface area contributed by atoms with Crippen LogP contribution in [0.3, 0.4) is 0 Å². The van der Waals surface area contributed by atoms with Crippen molar-refractivity contribution in [3.8, 4) is 5.75 Å². The van der Waals surface area contributed by atoms with Crippen molar-refractivity contribution in [3.63, 3.8) is 0 Å². The Morgan fingerprint density at radius 1 is 1.15 bits per heavy atom. The lowest BCUT2D eigenvalue weighted by atomic mass is 9.89. The standard InChI is InChI=1S/C29H43F3O6Si/c1-28(2,3)39(4,5)38-22(19-37-21-12-10-11-20(17-21)29(30,31)32)15-16-24-23(25(33)18-26(24)34)13-8-6-7-9-14-27(35)36/h6,8,10-12,15-17,22-26,33-34H,7,9,13-14,18-19H2,1-5H3,(H,35,36)/t22-,23-,24-,25+,26-/m1/s1. The highest BCUT2D eigenvalue weighted by Gasteiger charge is 2.41. The number of carboxylic acid groups (broad SMARTS) is 1. The number of aliphatic carboxylic acids is 1. The molecule has 0 unspecified atom stereocenters. The fourth-order valence-corrected chi connectivity index (χ4v) is 5.58. The van der Waals surface area contributed by atoms with Crippen LogP contribution in [-0.2, 0) is 15.4 Å². The molecule has 220 valence electrons. The molecule has 0 aliphatic heterocycles. The van der Waals surface area contributed by atoms with Gasteiger partial charge < -0.3 is 24.5 Å². The lowest BCUT2D eigenvalue weighted by molar-refractivity contribution is -0.138. The molecule has 10 heteroatoms. The molecule has 0 aromatic heterocycles. The normalized spacial score (nSPS) is 23.5. The van der Waals surface area contributed by atoms with E-state index in [1.165, 1.54) is 12.1 Å². The van der Waals surface area contributed by atoms with Gasteiger partial charge in [0, 0.05) is 18.8 Å². The van der Waals surface area contributed by atoms with Gasteiger partial charge in [0.05, 0.1) is 23.9 Å². The third-order valence-electron chi connectivity index (χ3n) is 7.63. The first kappa shape index (κ1) is 33.1. The summed E-state index contributed by atoms with van der Waals surface area (Å²) in [5.41, 5.74) is -0.792. The minimum Gasteiger partial charge on any atom is -0.491 e. The van der Waals surface area contributed by atoms with Gasteiger partial charge in [-0.2, -0.15) is 13.2 Å². The number of aliphatic hydroxyl groups excluding tert-OH is 2. The highest BCUT2D eigenvalue weighted by atomic mass is 28.4. The van der Waals surface area contributed by atoms with E-state index >= 15 is 0 Å². The molecule has 6 nitrogen and oxygen atoms in total. The van der Waals surface area contributed by atoms with E-state index < -0.39 is 44.3 Å². The average Bonchev–Trinajstić information content (AvgIpc) is 3.08. The molecule has 1 aliphatic rings. The Labute approximate surface area is 230 Å². The Balaban J connectivity index is 2.17. The number of alkyl halides is 3. The fourth-order valence-electron chi connectivity index (χ4n) is 4.33. The minimum atomic E-state index is -4.48. The van der Waals surface area contributed by atoms with Crippen LogP contribution in [0.15, 0.2) is 48.6 Å². The van der Waals surface area contributed by atoms with Crippen LogP contribution in [0.25, 0.3) is 0 Å². The highest BCUT2D eigenvalue weighted by Crippen LogP contribution is 2.39. The second kappa shape index (κ2) is 14.0. The molecule has 1 aliphatic carbocycles. The van der Waals surface area contributed by atoms with Gasteiger partial charge in [-0.25, -0.2) is 0 Å². The Bertz CT molecular complexity index is 986. The second-order valence-electron chi connectivity index (χ2n) is 11.7. The summed E-state index contributed by atoms with van der Waals surface area (Å²) in [6, 6.07) is 4.72. The summed E-state index contributed by atoms with van der Waals surface area (Å²) in [6.45, 7) is 10.4. The zero-order valence-corrected chi connectivity index (χ0v) is 24.4. The lowest BCUT2D eigenvalue weighted by Crippen LogP contribution is -2.45. The SMILES string of the molecule is CC(C)(C)[Si](C)(C)O[C@H](C=C[C@@H]1[C@@H](CC=CCCCC(=O)O)[C@@H](O)C[C@H]1O)COc1cccc(C(F)(F)F)c1. The number of halogens is 3. The third kappa shape index (κ3) is 10.4. The van der Waals surface area contributed by atoms with E-state index in [-0.39, 0.29) is 42.1 Å². The molecule has 0 radical (unpaired) electrons. The Hall–Kier alpha value is -2.14. The van der Waals surface area contributed by atoms with Gasteiger partial charge in [-0.1, -0.05) is 51.1 Å². The van der Waals surface area contributed by atoms with E-state index in [4.69, 9.17) is 14.3 Å². The molecule has 3 N–H and O–H groups in total. The number of allylic oxidation sites excluding steroid dienone is 2. The first-order valence-corrected chi connectivity index (χ1v) is 16.3. The van der Waals surface area contributed by atoms with Crippen molar-refractivity contribution in [1.29, 1.82) is 0 Å². The first-order valence-electron chi connectivity index (χ1n) is 13.4. The summed E-state index contributed by atoms with van der Waals surface area (Å²) in [5.74, 6) is -1.33. The molecule has 1 aromatic carbocycles. The van der Waals surface area contributed by atoms with Gasteiger partial charge in [0.15, 0.2) is 8.32 Å². The van der Waals surface area contributed by atoms with Crippen molar-refractivity contribution in [2.45, 2.75) is 95.5 Å². The topological polar surface area (TPSA) is 96.2 Å². The van der Waals surface area contributed by atoms with Gasteiger partial charge in [0.1, 0.15) is 12.4 Å². The van der Waals surface area contributed by atoms with Crippen molar-refractivity contribution < 1.29 is 42.4 Å². The molecule has 2 rings (SSSR count). The molecule has 39 heavy (non-hydrogen) atoms. The van der Waals surface area contributed by atoms with Gasteiger partial charge in [0.25, 0.3) is 0 Å². The summed E-state index contributed by atoms with van der Waals surface area (Å²) in [6.07, 6.45) is 2.95. The maximum atomic E-state index is 13.1. The maximum Gasteiger partial charge on any atom is 0.416 e. The number of hydrogen-bond acceptors (Lipinski definition) is 5. The van der Waals surface area contributed by atoms with Crippen LogP contribution in [-0.4, -0.2) is 54.5 Å². The van der Waals surface area contributed by atoms with E-state index in [1.807, 2.05) is 18.2 Å². The highest BCUT2D eigenvalue weighted by molar-refractivity contribution is 6.74. The zero-order chi connectivity index (χ0) is 29.4. The number of unbranched alkanes of at least 4 members (excludes halogenated alkanes) is 1. The summed E-state index contributed by atoms with van der Waals surface area (Å²) >= 11 is 0. The average molecular weight is 573 g/mol. The van der Waals surface area contributed by atoms with Crippen LogP contribution < -0.4 is 4.74 Å². The minimum absolute atomic E-state index is 0.0101. The van der Waals surface area contributed by atoms with Crippen LogP contribution >= 0.6 is 0 Å². The first-order chi connectivity index (χ1) is 18.0. The zero-order valence-electron chi connectivity index (χ0n) is 23.4. The van der Waals surface area contributed by atoms with Crippen LogP contribution in [0.4, 0.5) is 13.2 Å². The third-order valence-corrected chi connectivity index (χ3v) is 12.1. The molecule has 5 atom stereocenters. The van der Waals surface area contributed by atoms with Crippen molar-refractivity contribution in [2.24, 2.45) is 11.8 Å². The molecule has 0 heterocycles. The molecule has 1 fully saturated rings. The van der Waals surface area contributed by atoms with E-state index in [9.17, 15) is 28.2 Å². The van der Waals surface area contributed by atoms with E-state index in [2.05, 4.69) is 33.9 Å². The number of hydrogen-bond donors (Lipinski definition) is 3. The predicted molar refractivity (Wildman–Crippen MR) is 147 cm³/mol. The van der Waals surface area contributed by atoms with Crippen molar-refractivity contribution in [3.05, 3.63) is 54.1 Å². The van der Waals surface area contributed by atoms with Crippen LogP contribution in [0.1, 0.15) is 58.4 Å². The molecule has 0 spiro atoms. The largest absolute Gasteiger partial charge is 0.491 e. The predicted octanol–water partition coefficient (Wildman–Crippen LogP) is 6.59. The van der Waals surface area contributed by atoms with Crippen LogP contribution in [0, 0.1) is 11.8 Å². The van der Waals surface area contributed by atoms with Gasteiger partial charge in [-0.05, 0) is 61.5 Å². The van der Waals surface area contributed by atoms with E-state index in [0.29, 0.717) is 19.3 Å². The Kier molecular flexibility index (Phi) is 11.8. The van der Waals surface area contributed by atoms with Crippen molar-refractivity contribution >= 4 is 14.3 Å². The Morgan fingerprint density at radius 3 is 2.46 bits per heavy atom. The van der Waals surface area contributed by atoms with E-state index in [1.54, 1.807) is 6.08 Å².